The van der Waals surface area contributed by atoms with Crippen molar-refractivity contribution in [3.63, 3.8) is 0 Å². The minimum absolute atomic E-state index is 0.0640. The molecule has 5 nitrogen and oxygen atoms in total. The standard InChI is InChI=1S/C15H15NO4S/c1-20-13-9-10(4-6-12(13)15(18)19)16-14(17)7-5-11-3-2-8-21-11/h2-4,6,8-9H,5,7H2,1H3,(H,16,17)(H,18,19). The number of thiophene rings is 1. The number of nitrogens with one attached hydrogen (secondary N) is 1. The molecule has 1 heterocycles. The number of carbonyl (C=O) groups is 2. The number of carboxylic acids is 1. The highest BCUT2D eigenvalue weighted by molar-refractivity contribution is 7.09. The number of amides is 1. The molecule has 0 radical (unpaired) electrons. The number of benzene rings is 1. The monoisotopic (exact) mass is 305 g/mol. The lowest BCUT2D eigenvalue weighted by Crippen LogP contribution is -2.12. The van der Waals surface area contributed by atoms with Gasteiger partial charge in [-0.3, -0.25) is 4.79 Å². The summed E-state index contributed by atoms with van der Waals surface area (Å²) < 4.78 is 5.02. The van der Waals surface area contributed by atoms with Crippen LogP contribution in [0.3, 0.4) is 0 Å². The lowest BCUT2D eigenvalue weighted by molar-refractivity contribution is -0.116. The van der Waals surface area contributed by atoms with Crippen molar-refractivity contribution in [1.29, 1.82) is 0 Å². The fourth-order valence-corrected chi connectivity index (χ4v) is 2.57. The third-order valence-corrected chi connectivity index (χ3v) is 3.83. The number of hydrogen-bond acceptors (Lipinski definition) is 4. The molecule has 2 N–H and O–H groups in total. The summed E-state index contributed by atoms with van der Waals surface area (Å²) in [6, 6.07) is 8.41. The average Bonchev–Trinajstić information content (AvgIpc) is 2.98. The number of carbonyl (C=O) groups excluding carboxylic acids is 1. The first-order valence-corrected chi connectivity index (χ1v) is 7.21. The maximum absolute atomic E-state index is 11.9. The predicted molar refractivity (Wildman–Crippen MR) is 81.2 cm³/mol. The molecular formula is C15H15NO4S. The van der Waals surface area contributed by atoms with E-state index in [2.05, 4.69) is 5.32 Å². The van der Waals surface area contributed by atoms with E-state index in [9.17, 15) is 9.59 Å². The molecule has 0 unspecified atom stereocenters. The van der Waals surface area contributed by atoms with Gasteiger partial charge in [-0.2, -0.15) is 0 Å². The molecule has 110 valence electrons. The van der Waals surface area contributed by atoms with E-state index in [1.54, 1.807) is 17.4 Å². The molecular weight excluding hydrogens is 290 g/mol. The van der Waals surface area contributed by atoms with Crippen molar-refractivity contribution in [2.45, 2.75) is 12.8 Å². The molecule has 1 aromatic heterocycles. The minimum atomic E-state index is -1.07. The first-order chi connectivity index (χ1) is 10.1. The molecule has 0 aliphatic carbocycles. The second-order valence-corrected chi connectivity index (χ2v) is 5.38. The number of carboxylic acid groups (broad SMARTS) is 1. The normalized spacial score (nSPS) is 10.1. The quantitative estimate of drug-likeness (QED) is 0.860. The summed E-state index contributed by atoms with van der Waals surface area (Å²) in [6.45, 7) is 0. The van der Waals surface area contributed by atoms with Crippen LogP contribution in [-0.4, -0.2) is 24.1 Å². The minimum Gasteiger partial charge on any atom is -0.496 e. The molecule has 0 saturated carbocycles. The van der Waals surface area contributed by atoms with E-state index in [-0.39, 0.29) is 17.2 Å². The number of rotatable bonds is 6. The zero-order valence-corrected chi connectivity index (χ0v) is 12.3. The molecule has 1 amide bonds. The Bertz CT molecular complexity index is 637. The number of aryl methyl sites for hydroxylation is 1. The van der Waals surface area contributed by atoms with E-state index >= 15 is 0 Å². The smallest absolute Gasteiger partial charge is 0.339 e. The van der Waals surface area contributed by atoms with Crippen LogP contribution in [0, 0.1) is 0 Å². The van der Waals surface area contributed by atoms with E-state index in [0.29, 0.717) is 18.5 Å². The molecule has 0 atom stereocenters. The van der Waals surface area contributed by atoms with Crippen molar-refractivity contribution in [2.75, 3.05) is 12.4 Å². The summed E-state index contributed by atoms with van der Waals surface area (Å²) in [5, 5.41) is 13.7. The number of hydrogen-bond donors (Lipinski definition) is 2. The van der Waals surface area contributed by atoms with Gasteiger partial charge in [0.2, 0.25) is 5.91 Å². The lowest BCUT2D eigenvalue weighted by atomic mass is 10.1. The fourth-order valence-electron chi connectivity index (χ4n) is 1.86. The Balaban J connectivity index is 1.99. The first-order valence-electron chi connectivity index (χ1n) is 6.33. The van der Waals surface area contributed by atoms with E-state index < -0.39 is 5.97 Å². The zero-order valence-electron chi connectivity index (χ0n) is 11.5. The van der Waals surface area contributed by atoms with Crippen LogP contribution in [0.25, 0.3) is 0 Å². The predicted octanol–water partition coefficient (Wildman–Crippen LogP) is 3.03. The van der Waals surface area contributed by atoms with Crippen LogP contribution in [0.5, 0.6) is 5.75 Å². The highest BCUT2D eigenvalue weighted by Crippen LogP contribution is 2.23. The number of anilines is 1. The maximum Gasteiger partial charge on any atom is 0.339 e. The molecule has 6 heteroatoms. The average molecular weight is 305 g/mol. The largest absolute Gasteiger partial charge is 0.496 e. The van der Waals surface area contributed by atoms with Crippen LogP contribution in [0.15, 0.2) is 35.7 Å². The molecule has 21 heavy (non-hydrogen) atoms. The third kappa shape index (κ3) is 4.06. The van der Waals surface area contributed by atoms with Gasteiger partial charge in [0.1, 0.15) is 11.3 Å². The Morgan fingerprint density at radius 1 is 1.33 bits per heavy atom. The second kappa shape index (κ2) is 6.90. The topological polar surface area (TPSA) is 75.6 Å². The van der Waals surface area contributed by atoms with Gasteiger partial charge in [0.25, 0.3) is 0 Å². The van der Waals surface area contributed by atoms with Gasteiger partial charge >= 0.3 is 5.97 Å². The van der Waals surface area contributed by atoms with E-state index in [1.807, 2.05) is 17.5 Å². The second-order valence-electron chi connectivity index (χ2n) is 4.35. The van der Waals surface area contributed by atoms with Crippen LogP contribution in [0.2, 0.25) is 0 Å². The van der Waals surface area contributed by atoms with Crippen LogP contribution < -0.4 is 10.1 Å². The molecule has 0 fully saturated rings. The highest BCUT2D eigenvalue weighted by atomic mass is 32.1. The van der Waals surface area contributed by atoms with Gasteiger partial charge in [0, 0.05) is 23.1 Å². The summed E-state index contributed by atoms with van der Waals surface area (Å²) in [6.07, 6.45) is 1.07. The van der Waals surface area contributed by atoms with Crippen molar-refractivity contribution in [2.24, 2.45) is 0 Å². The Morgan fingerprint density at radius 3 is 2.76 bits per heavy atom. The Morgan fingerprint density at radius 2 is 2.14 bits per heavy atom. The molecule has 2 aromatic rings. The molecule has 0 bridgehead atoms. The summed E-state index contributed by atoms with van der Waals surface area (Å²) in [4.78, 5) is 24.0. The molecule has 0 aliphatic heterocycles. The summed E-state index contributed by atoms with van der Waals surface area (Å²) in [5.41, 5.74) is 0.585. The first kappa shape index (κ1) is 15.1. The van der Waals surface area contributed by atoms with Crippen molar-refractivity contribution in [3.8, 4) is 5.75 Å². The number of methoxy groups -OCH3 is 1. The zero-order chi connectivity index (χ0) is 15.2. The molecule has 0 aliphatic rings. The fraction of sp³-hybridized carbons (Fsp3) is 0.200. The Kier molecular flexibility index (Phi) is 4.94. The van der Waals surface area contributed by atoms with Gasteiger partial charge in [-0.15, -0.1) is 11.3 Å². The maximum atomic E-state index is 11.9. The van der Waals surface area contributed by atoms with Gasteiger partial charge in [-0.05, 0) is 30.0 Å². The Labute approximate surface area is 126 Å². The van der Waals surface area contributed by atoms with Crippen molar-refractivity contribution in [1.82, 2.24) is 0 Å². The summed E-state index contributed by atoms with van der Waals surface area (Å²) >= 11 is 1.62. The van der Waals surface area contributed by atoms with Crippen molar-refractivity contribution >= 4 is 28.9 Å². The van der Waals surface area contributed by atoms with E-state index in [4.69, 9.17) is 9.84 Å². The molecule has 2 rings (SSSR count). The summed E-state index contributed by atoms with van der Waals surface area (Å²) in [5.74, 6) is -0.963. The Hall–Kier alpha value is -2.34. The molecule has 0 spiro atoms. The van der Waals surface area contributed by atoms with E-state index in [0.717, 1.165) is 4.88 Å². The van der Waals surface area contributed by atoms with Crippen LogP contribution >= 0.6 is 11.3 Å². The number of ether oxygens (including phenoxy) is 1. The van der Waals surface area contributed by atoms with Gasteiger partial charge in [-0.1, -0.05) is 6.07 Å². The summed E-state index contributed by atoms with van der Waals surface area (Å²) in [7, 11) is 1.39. The van der Waals surface area contributed by atoms with Crippen LogP contribution in [-0.2, 0) is 11.2 Å². The molecule has 1 aromatic carbocycles. The van der Waals surface area contributed by atoms with Gasteiger partial charge in [-0.25, -0.2) is 4.79 Å². The van der Waals surface area contributed by atoms with Gasteiger partial charge in [0.15, 0.2) is 0 Å². The van der Waals surface area contributed by atoms with Crippen LogP contribution in [0.4, 0.5) is 5.69 Å². The van der Waals surface area contributed by atoms with Gasteiger partial charge in [0.05, 0.1) is 7.11 Å². The molecule has 0 saturated heterocycles. The van der Waals surface area contributed by atoms with Crippen LogP contribution in [0.1, 0.15) is 21.7 Å². The SMILES string of the molecule is COc1cc(NC(=O)CCc2cccs2)ccc1C(=O)O. The number of aromatic carboxylic acids is 1. The lowest BCUT2D eigenvalue weighted by Gasteiger charge is -2.09. The van der Waals surface area contributed by atoms with E-state index in [1.165, 1.54) is 19.2 Å². The van der Waals surface area contributed by atoms with Crippen molar-refractivity contribution < 1.29 is 19.4 Å². The van der Waals surface area contributed by atoms with Gasteiger partial charge < -0.3 is 15.2 Å². The highest BCUT2D eigenvalue weighted by Gasteiger charge is 2.12. The third-order valence-electron chi connectivity index (χ3n) is 2.89. The van der Waals surface area contributed by atoms with Crippen molar-refractivity contribution in [3.05, 3.63) is 46.2 Å².